The van der Waals surface area contributed by atoms with Crippen LogP contribution < -0.4 is 5.30 Å². The van der Waals surface area contributed by atoms with Crippen LogP contribution in [-0.4, -0.2) is 0 Å². The molecule has 1 aliphatic rings. The first kappa shape index (κ1) is 20.6. The lowest BCUT2D eigenvalue weighted by Gasteiger charge is -2.34. The highest BCUT2D eigenvalue weighted by molar-refractivity contribution is 8.99. The second-order valence-corrected chi connectivity index (χ2v) is 15.8. The fourth-order valence-electron chi connectivity index (χ4n) is 3.00. The molecule has 148 valence electrons. The maximum absolute atomic E-state index is 2.31. The van der Waals surface area contributed by atoms with Gasteiger partial charge in [0.2, 0.25) is 0 Å². The Bertz CT molecular complexity index is 989. The van der Waals surface area contributed by atoms with Crippen molar-refractivity contribution in [3.63, 3.8) is 0 Å². The van der Waals surface area contributed by atoms with E-state index in [0.717, 1.165) is 0 Å². The van der Waals surface area contributed by atoms with E-state index in [1.807, 2.05) is 23.5 Å². The summed E-state index contributed by atoms with van der Waals surface area (Å²) in [5.41, 5.74) is 1.43. The largest absolute Gasteiger partial charge is 0.0985 e. The van der Waals surface area contributed by atoms with E-state index in [-0.39, 0.29) is 6.33 Å². The topological polar surface area (TPSA) is 0 Å². The first-order chi connectivity index (χ1) is 14.8. The third kappa shape index (κ3) is 5.12. The summed E-state index contributed by atoms with van der Waals surface area (Å²) in [5.74, 6) is 0. The van der Waals surface area contributed by atoms with Crippen molar-refractivity contribution in [2.75, 3.05) is 0 Å². The molecule has 0 atom stereocenters. The van der Waals surface area contributed by atoms with Crippen LogP contribution in [0.2, 0.25) is 0 Å². The highest BCUT2D eigenvalue weighted by Gasteiger charge is 2.33. The van der Waals surface area contributed by atoms with Crippen molar-refractivity contribution >= 4 is 57.9 Å². The smallest absolute Gasteiger partial charge is 0.0857 e. The molecule has 0 bridgehead atoms. The van der Waals surface area contributed by atoms with E-state index in [0.29, 0.717) is 4.58 Å². The quantitative estimate of drug-likeness (QED) is 0.253. The van der Waals surface area contributed by atoms with E-state index in [2.05, 4.69) is 132 Å². The molecule has 5 rings (SSSR count). The second kappa shape index (κ2) is 9.89. The maximum atomic E-state index is 2.31. The van der Waals surface area contributed by atoms with E-state index < -0.39 is 0 Å². The van der Waals surface area contributed by atoms with Crippen LogP contribution in [0, 0.1) is 0 Å². The molecule has 1 fully saturated rings. The van der Waals surface area contributed by atoms with Gasteiger partial charge in [0.25, 0.3) is 0 Å². The zero-order valence-electron chi connectivity index (χ0n) is 16.0. The predicted molar refractivity (Wildman–Crippen MR) is 138 cm³/mol. The Morgan fingerprint density at radius 2 is 0.933 bits per heavy atom. The second-order valence-electron chi connectivity index (χ2n) is 6.69. The molecule has 0 saturated carbocycles. The Morgan fingerprint density at radius 3 is 1.43 bits per heavy atom. The first-order valence-corrected chi connectivity index (χ1v) is 15.6. The molecule has 0 radical (unpaired) electrons. The summed E-state index contributed by atoms with van der Waals surface area (Å²) in [7, 11) is 0. The Kier molecular flexibility index (Phi) is 6.79. The summed E-state index contributed by atoms with van der Waals surface area (Å²) < 4.78 is 0.560. The molecular weight excluding hydrogens is 460 g/mol. The van der Waals surface area contributed by atoms with Crippen molar-refractivity contribution < 1.29 is 0 Å². The van der Waals surface area contributed by atoms with Gasteiger partial charge in [-0.3, -0.25) is 0 Å². The van der Waals surface area contributed by atoms with Gasteiger partial charge in [0, 0.05) is 25.9 Å². The molecule has 0 spiro atoms. The van der Waals surface area contributed by atoms with Crippen molar-refractivity contribution in [3.8, 4) is 0 Å². The van der Waals surface area contributed by atoms with E-state index in [1.165, 1.54) is 30.4 Å². The molecule has 0 N–H and O–H groups in total. The SMILES string of the molecule is c1ccc(Sc2ccc(C3SP(c4ccc(Sc5ccccc5)cc4)S3)cc2)cc1. The van der Waals surface area contributed by atoms with Crippen molar-refractivity contribution in [1.82, 2.24) is 0 Å². The summed E-state index contributed by atoms with van der Waals surface area (Å²) in [6.07, 6.45) is -0.156. The van der Waals surface area contributed by atoms with Crippen LogP contribution in [0.25, 0.3) is 0 Å². The third-order valence-corrected chi connectivity index (χ3v) is 15.3. The number of hydrogen-bond acceptors (Lipinski definition) is 4. The lowest BCUT2D eigenvalue weighted by Crippen LogP contribution is -2.04. The molecule has 0 aromatic heterocycles. The molecule has 30 heavy (non-hydrogen) atoms. The Morgan fingerprint density at radius 1 is 0.500 bits per heavy atom. The lowest BCUT2D eigenvalue weighted by molar-refractivity contribution is 1.33. The molecule has 5 heteroatoms. The van der Waals surface area contributed by atoms with Crippen LogP contribution in [0.5, 0.6) is 0 Å². The van der Waals surface area contributed by atoms with Gasteiger partial charge < -0.3 is 0 Å². The third-order valence-electron chi connectivity index (χ3n) is 4.54. The minimum atomic E-state index is -0.156. The average molecular weight is 479 g/mol. The molecule has 0 amide bonds. The van der Waals surface area contributed by atoms with Crippen molar-refractivity contribution in [1.29, 1.82) is 0 Å². The van der Waals surface area contributed by atoms with Crippen LogP contribution in [0.1, 0.15) is 10.1 Å². The number of hydrogen-bond donors (Lipinski definition) is 0. The zero-order valence-corrected chi connectivity index (χ0v) is 20.2. The first-order valence-electron chi connectivity index (χ1n) is 9.63. The minimum absolute atomic E-state index is 0.156. The van der Waals surface area contributed by atoms with Gasteiger partial charge in [-0.15, -0.1) is 0 Å². The summed E-state index contributed by atoms with van der Waals surface area (Å²) in [6.45, 7) is 0. The Balaban J connectivity index is 1.16. The van der Waals surface area contributed by atoms with Gasteiger partial charge in [0.15, 0.2) is 0 Å². The van der Waals surface area contributed by atoms with Gasteiger partial charge >= 0.3 is 0 Å². The van der Waals surface area contributed by atoms with Crippen LogP contribution in [0.4, 0.5) is 0 Å². The monoisotopic (exact) mass is 478 g/mol. The molecule has 0 unspecified atom stereocenters. The maximum Gasteiger partial charge on any atom is 0.0857 e. The molecule has 4 aromatic rings. The highest BCUT2D eigenvalue weighted by atomic mass is 33.1. The van der Waals surface area contributed by atoms with Gasteiger partial charge in [0.1, 0.15) is 0 Å². The Labute approximate surface area is 195 Å². The van der Waals surface area contributed by atoms with Crippen LogP contribution in [-0.2, 0) is 0 Å². The predicted octanol–water partition coefficient (Wildman–Crippen LogP) is 9.10. The van der Waals surface area contributed by atoms with Gasteiger partial charge in [-0.2, -0.15) is 0 Å². The van der Waals surface area contributed by atoms with E-state index in [9.17, 15) is 0 Å². The van der Waals surface area contributed by atoms with Crippen LogP contribution in [0.3, 0.4) is 0 Å². The molecule has 0 nitrogen and oxygen atoms in total. The van der Waals surface area contributed by atoms with E-state index in [4.69, 9.17) is 0 Å². The van der Waals surface area contributed by atoms with Crippen LogP contribution >= 0.6 is 52.6 Å². The van der Waals surface area contributed by atoms with Crippen molar-refractivity contribution in [3.05, 3.63) is 115 Å². The normalized spacial score (nSPS) is 18.0. The summed E-state index contributed by atoms with van der Waals surface area (Å²) in [5, 5.41) is 1.48. The standard InChI is InChI=1S/C25H19PS4/c1-3-7-21(8-4-1)27-23-15-11-19(12-16-23)25-29-26(30-25)20-13-17-24(18-14-20)28-22-9-5-2-6-10-22/h1-18,25H. The summed E-state index contributed by atoms with van der Waals surface area (Å²) in [6, 6.07) is 39.4. The van der Waals surface area contributed by atoms with E-state index in [1.54, 1.807) is 0 Å². The fraction of sp³-hybridized carbons (Fsp3) is 0.0400. The lowest BCUT2D eigenvalue weighted by atomic mass is 10.2. The van der Waals surface area contributed by atoms with Gasteiger partial charge in [-0.25, -0.2) is 0 Å². The zero-order chi connectivity index (χ0) is 20.2. The summed E-state index contributed by atoms with van der Waals surface area (Å²) >= 11 is 7.87. The van der Waals surface area contributed by atoms with Gasteiger partial charge in [0.05, 0.1) is 4.58 Å². The molecular formula is C25H19PS4. The molecule has 1 heterocycles. The van der Waals surface area contributed by atoms with Crippen molar-refractivity contribution in [2.45, 2.75) is 24.2 Å². The average Bonchev–Trinajstić information content (AvgIpc) is 2.77. The van der Waals surface area contributed by atoms with E-state index >= 15 is 0 Å². The minimum Gasteiger partial charge on any atom is -0.0985 e. The van der Waals surface area contributed by atoms with Crippen LogP contribution in [0.15, 0.2) is 129 Å². The van der Waals surface area contributed by atoms with Gasteiger partial charge in [-0.1, -0.05) is 107 Å². The number of rotatable bonds is 6. The van der Waals surface area contributed by atoms with Gasteiger partial charge in [-0.05, 0) is 59.4 Å². The molecule has 1 saturated heterocycles. The fourth-order valence-corrected chi connectivity index (χ4v) is 11.8. The Hall–Kier alpha value is -1.29. The van der Waals surface area contributed by atoms with Crippen molar-refractivity contribution in [2.24, 2.45) is 0 Å². The molecule has 1 aliphatic heterocycles. The highest BCUT2D eigenvalue weighted by Crippen LogP contribution is 2.81. The molecule has 0 aliphatic carbocycles. The summed E-state index contributed by atoms with van der Waals surface area (Å²) in [4.78, 5) is 5.18. The number of benzene rings is 4. The molecule has 4 aromatic carbocycles.